The lowest BCUT2D eigenvalue weighted by Crippen LogP contribution is -2.24. The number of aliphatic hydroxyl groups excluding tert-OH is 1. The van der Waals surface area contributed by atoms with E-state index < -0.39 is 0 Å². The normalized spacial score (nSPS) is 12.3. The van der Waals surface area contributed by atoms with Crippen LogP contribution in [-0.2, 0) is 0 Å². The lowest BCUT2D eigenvalue weighted by molar-refractivity contribution is 0.271. The number of hydrogen-bond acceptors (Lipinski definition) is 6. The fourth-order valence-corrected chi connectivity index (χ4v) is 3.45. The van der Waals surface area contributed by atoms with Crippen LogP contribution in [0.15, 0.2) is 60.9 Å². The molecular formula is C24H28N6O. The van der Waals surface area contributed by atoms with E-state index in [0.29, 0.717) is 17.3 Å². The van der Waals surface area contributed by atoms with Crippen LogP contribution in [0.1, 0.15) is 33.2 Å². The zero-order valence-electron chi connectivity index (χ0n) is 18.1. The highest BCUT2D eigenvalue weighted by Crippen LogP contribution is 2.28. The van der Waals surface area contributed by atoms with Gasteiger partial charge in [0.25, 0.3) is 0 Å². The lowest BCUT2D eigenvalue weighted by Gasteiger charge is -2.16. The predicted octanol–water partition coefficient (Wildman–Crippen LogP) is 5.00. The van der Waals surface area contributed by atoms with Gasteiger partial charge < -0.3 is 20.3 Å². The third kappa shape index (κ3) is 4.51. The van der Waals surface area contributed by atoms with Crippen molar-refractivity contribution in [3.05, 3.63) is 60.9 Å². The van der Waals surface area contributed by atoms with Crippen molar-refractivity contribution < 1.29 is 5.11 Å². The SMILES string of the molecule is CC[C@H](CO)Nc1nc(Nc2cccc(-c3ccccc3)c2)c2ncn(C(C)C)c2n1. The zero-order valence-corrected chi connectivity index (χ0v) is 18.1. The number of nitrogens with one attached hydrogen (secondary N) is 2. The molecule has 0 spiro atoms. The molecule has 2 aromatic carbocycles. The minimum Gasteiger partial charge on any atom is -0.394 e. The Kier molecular flexibility index (Phi) is 6.13. The standard InChI is InChI=1S/C24H28N6O/c1-4-19(14-31)27-24-28-22(21-23(29-24)30(15-25-21)16(2)3)26-20-12-8-11-18(13-20)17-9-6-5-7-10-17/h5-13,15-16,19,31H,4,14H2,1-3H3,(H2,26,27,28,29)/t19-/m1/s1. The Morgan fingerprint density at radius 2 is 1.77 bits per heavy atom. The molecule has 2 aromatic heterocycles. The Morgan fingerprint density at radius 1 is 1.00 bits per heavy atom. The number of fused-ring (bicyclic) bond motifs is 1. The van der Waals surface area contributed by atoms with Crippen molar-refractivity contribution in [1.29, 1.82) is 0 Å². The van der Waals surface area contributed by atoms with Crippen molar-refractivity contribution in [2.75, 3.05) is 17.2 Å². The molecule has 0 radical (unpaired) electrons. The molecule has 0 saturated heterocycles. The predicted molar refractivity (Wildman–Crippen MR) is 126 cm³/mol. The number of anilines is 3. The average Bonchev–Trinajstić information content (AvgIpc) is 3.23. The molecule has 3 N–H and O–H groups in total. The first-order valence-corrected chi connectivity index (χ1v) is 10.6. The molecule has 0 saturated carbocycles. The fraction of sp³-hybridized carbons (Fsp3) is 0.292. The summed E-state index contributed by atoms with van der Waals surface area (Å²) < 4.78 is 2.02. The van der Waals surface area contributed by atoms with E-state index in [0.717, 1.165) is 28.9 Å². The first-order valence-electron chi connectivity index (χ1n) is 10.6. The smallest absolute Gasteiger partial charge is 0.227 e. The lowest BCUT2D eigenvalue weighted by atomic mass is 10.1. The summed E-state index contributed by atoms with van der Waals surface area (Å²) in [6.07, 6.45) is 2.56. The molecule has 0 aliphatic carbocycles. The minimum absolute atomic E-state index is 0.0171. The molecule has 7 heteroatoms. The Morgan fingerprint density at radius 3 is 2.48 bits per heavy atom. The van der Waals surface area contributed by atoms with E-state index in [-0.39, 0.29) is 18.7 Å². The number of rotatable bonds is 8. The molecule has 2 heterocycles. The molecule has 0 aliphatic heterocycles. The molecule has 4 rings (SSSR count). The molecule has 160 valence electrons. The molecular weight excluding hydrogens is 388 g/mol. The highest BCUT2D eigenvalue weighted by molar-refractivity contribution is 5.87. The van der Waals surface area contributed by atoms with Crippen LogP contribution in [0.3, 0.4) is 0 Å². The second-order valence-electron chi connectivity index (χ2n) is 7.82. The van der Waals surface area contributed by atoms with Crippen molar-refractivity contribution >= 4 is 28.6 Å². The highest BCUT2D eigenvalue weighted by Gasteiger charge is 2.17. The molecule has 0 fully saturated rings. The number of aliphatic hydroxyl groups is 1. The van der Waals surface area contributed by atoms with Crippen molar-refractivity contribution in [3.63, 3.8) is 0 Å². The zero-order chi connectivity index (χ0) is 21.8. The van der Waals surface area contributed by atoms with Gasteiger partial charge >= 0.3 is 0 Å². The topological polar surface area (TPSA) is 87.9 Å². The van der Waals surface area contributed by atoms with Crippen LogP contribution in [0.25, 0.3) is 22.3 Å². The van der Waals surface area contributed by atoms with Crippen LogP contribution in [0.5, 0.6) is 0 Å². The Balaban J connectivity index is 1.74. The summed E-state index contributed by atoms with van der Waals surface area (Å²) in [7, 11) is 0. The maximum atomic E-state index is 9.60. The Bertz CT molecular complexity index is 1150. The van der Waals surface area contributed by atoms with E-state index in [1.165, 1.54) is 0 Å². The van der Waals surface area contributed by atoms with Gasteiger partial charge in [-0.15, -0.1) is 0 Å². The summed E-state index contributed by atoms with van der Waals surface area (Å²) in [6.45, 7) is 6.22. The van der Waals surface area contributed by atoms with Crippen LogP contribution >= 0.6 is 0 Å². The number of benzene rings is 2. The van der Waals surface area contributed by atoms with Gasteiger partial charge in [-0.2, -0.15) is 9.97 Å². The molecule has 0 unspecified atom stereocenters. The molecule has 0 bridgehead atoms. The van der Waals surface area contributed by atoms with Gasteiger partial charge in [0.15, 0.2) is 17.0 Å². The second kappa shape index (κ2) is 9.14. The van der Waals surface area contributed by atoms with Crippen LogP contribution < -0.4 is 10.6 Å². The van der Waals surface area contributed by atoms with Gasteiger partial charge in [-0.25, -0.2) is 4.98 Å². The van der Waals surface area contributed by atoms with Gasteiger partial charge in [0, 0.05) is 11.7 Å². The first-order chi connectivity index (χ1) is 15.1. The van der Waals surface area contributed by atoms with Gasteiger partial charge in [-0.1, -0.05) is 49.4 Å². The molecule has 0 amide bonds. The highest BCUT2D eigenvalue weighted by atomic mass is 16.3. The number of nitrogens with zero attached hydrogens (tertiary/aromatic N) is 4. The third-order valence-electron chi connectivity index (χ3n) is 5.26. The molecule has 31 heavy (non-hydrogen) atoms. The van der Waals surface area contributed by atoms with Gasteiger partial charge in [-0.05, 0) is 43.5 Å². The number of aromatic nitrogens is 4. The molecule has 4 aromatic rings. The molecule has 7 nitrogen and oxygen atoms in total. The summed E-state index contributed by atoms with van der Waals surface area (Å²) in [5.74, 6) is 1.10. The Hall–Kier alpha value is -3.45. The van der Waals surface area contributed by atoms with Crippen LogP contribution in [0.4, 0.5) is 17.5 Å². The number of imidazole rings is 1. The van der Waals surface area contributed by atoms with E-state index in [1.54, 1.807) is 6.33 Å². The molecule has 0 aliphatic rings. The van der Waals surface area contributed by atoms with E-state index in [1.807, 2.05) is 41.8 Å². The van der Waals surface area contributed by atoms with E-state index in [4.69, 9.17) is 0 Å². The number of hydrogen-bond donors (Lipinski definition) is 3. The summed E-state index contributed by atoms with van der Waals surface area (Å²) in [5, 5.41) is 16.3. The van der Waals surface area contributed by atoms with Crippen LogP contribution in [0, 0.1) is 0 Å². The van der Waals surface area contributed by atoms with Gasteiger partial charge in [0.1, 0.15) is 0 Å². The van der Waals surface area contributed by atoms with Crippen LogP contribution in [-0.4, -0.2) is 37.3 Å². The Labute approximate surface area is 182 Å². The maximum absolute atomic E-state index is 9.60. The maximum Gasteiger partial charge on any atom is 0.227 e. The van der Waals surface area contributed by atoms with Gasteiger partial charge in [0.05, 0.1) is 19.0 Å². The first kappa shape index (κ1) is 20.8. The summed E-state index contributed by atoms with van der Waals surface area (Å²) in [4.78, 5) is 13.9. The summed E-state index contributed by atoms with van der Waals surface area (Å²) in [5.41, 5.74) is 4.65. The van der Waals surface area contributed by atoms with E-state index in [9.17, 15) is 5.11 Å². The van der Waals surface area contributed by atoms with Crippen molar-refractivity contribution in [1.82, 2.24) is 19.5 Å². The van der Waals surface area contributed by atoms with Crippen molar-refractivity contribution in [2.45, 2.75) is 39.3 Å². The van der Waals surface area contributed by atoms with Crippen molar-refractivity contribution in [2.24, 2.45) is 0 Å². The van der Waals surface area contributed by atoms with Gasteiger partial charge in [0.2, 0.25) is 5.95 Å². The minimum atomic E-state index is -0.109. The van der Waals surface area contributed by atoms with Crippen molar-refractivity contribution in [3.8, 4) is 11.1 Å². The monoisotopic (exact) mass is 416 g/mol. The third-order valence-corrected chi connectivity index (χ3v) is 5.26. The van der Waals surface area contributed by atoms with Gasteiger partial charge in [-0.3, -0.25) is 0 Å². The molecule has 1 atom stereocenters. The summed E-state index contributed by atoms with van der Waals surface area (Å²) >= 11 is 0. The quantitative estimate of drug-likeness (QED) is 0.375. The van der Waals surface area contributed by atoms with Crippen LogP contribution in [0.2, 0.25) is 0 Å². The largest absolute Gasteiger partial charge is 0.394 e. The average molecular weight is 417 g/mol. The van der Waals surface area contributed by atoms with E-state index in [2.05, 4.69) is 63.7 Å². The second-order valence-corrected chi connectivity index (χ2v) is 7.82. The fourth-order valence-electron chi connectivity index (χ4n) is 3.45. The summed E-state index contributed by atoms with van der Waals surface area (Å²) in [6, 6.07) is 18.6. The van der Waals surface area contributed by atoms with E-state index >= 15 is 0 Å².